The SMILES string of the molecule is Cc1ccc(S)c([N+](=O)N(C)C)c1. The number of hydrogen-bond donors (Lipinski definition) is 1. The van der Waals surface area contributed by atoms with Gasteiger partial charge in [-0.3, -0.25) is 0 Å². The summed E-state index contributed by atoms with van der Waals surface area (Å²) in [5.41, 5.74) is 1.63. The fraction of sp³-hybridized carbons (Fsp3) is 0.333. The number of hydrogen-bond acceptors (Lipinski definition) is 2. The van der Waals surface area contributed by atoms with Crippen LogP contribution >= 0.6 is 12.6 Å². The molecule has 0 aliphatic rings. The first kappa shape index (κ1) is 10.1. The number of benzene rings is 1. The standard InChI is InChI=1S/C9H12N2OS/c1-7-4-5-9(13)8(6-7)11(12)10(2)3/h4-6H,1-3H3/p+1. The molecule has 0 amide bonds. The molecule has 4 heteroatoms. The monoisotopic (exact) mass is 197 g/mol. The second kappa shape index (κ2) is 3.79. The average Bonchev–Trinajstić information content (AvgIpc) is 2.08. The second-order valence-corrected chi connectivity index (χ2v) is 3.59. The Balaban J connectivity index is 3.13. The molecule has 0 N–H and O–H groups in total. The minimum absolute atomic E-state index is 0.577. The zero-order chi connectivity index (χ0) is 10.0. The van der Waals surface area contributed by atoms with Crippen LogP contribution in [0, 0.1) is 11.8 Å². The smallest absolute Gasteiger partial charge is 0.141 e. The summed E-state index contributed by atoms with van der Waals surface area (Å²) < 4.78 is 0. The Bertz CT molecular complexity index is 336. The van der Waals surface area contributed by atoms with Crippen molar-refractivity contribution in [3.8, 4) is 0 Å². The summed E-state index contributed by atoms with van der Waals surface area (Å²) in [6.45, 7) is 1.94. The molecule has 0 heterocycles. The molecule has 0 atom stereocenters. The van der Waals surface area contributed by atoms with Gasteiger partial charge in [-0.05, 0) is 18.6 Å². The number of hydrazine groups is 1. The summed E-state index contributed by atoms with van der Waals surface area (Å²) in [4.78, 5) is 13.0. The van der Waals surface area contributed by atoms with E-state index in [9.17, 15) is 4.91 Å². The number of nitrogens with zero attached hydrogens (tertiary/aromatic N) is 2. The highest BCUT2D eigenvalue weighted by molar-refractivity contribution is 7.80. The van der Waals surface area contributed by atoms with Crippen LogP contribution in [0.1, 0.15) is 5.56 Å². The third-order valence-corrected chi connectivity index (χ3v) is 2.08. The number of thiol groups is 1. The first-order valence-electron chi connectivity index (χ1n) is 3.96. The highest BCUT2D eigenvalue weighted by Gasteiger charge is 2.19. The van der Waals surface area contributed by atoms with E-state index in [-0.39, 0.29) is 0 Å². The van der Waals surface area contributed by atoms with Crippen LogP contribution in [0.4, 0.5) is 5.69 Å². The van der Waals surface area contributed by atoms with Gasteiger partial charge in [-0.2, -0.15) is 0 Å². The van der Waals surface area contributed by atoms with Crippen LogP contribution in [0.25, 0.3) is 0 Å². The molecular formula is C9H13N2OS+. The molecule has 0 unspecified atom stereocenters. The molecular weight excluding hydrogens is 184 g/mol. The Labute approximate surface area is 83.3 Å². The Kier molecular flexibility index (Phi) is 2.93. The van der Waals surface area contributed by atoms with Crippen molar-refractivity contribution >= 4 is 18.3 Å². The topological polar surface area (TPSA) is 23.3 Å². The summed E-state index contributed by atoms with van der Waals surface area (Å²) in [6.07, 6.45) is 0. The number of aryl methyl sites for hydroxylation is 1. The van der Waals surface area contributed by atoms with E-state index in [4.69, 9.17) is 0 Å². The van der Waals surface area contributed by atoms with Gasteiger partial charge in [0.25, 0.3) is 0 Å². The quantitative estimate of drug-likeness (QED) is 0.446. The van der Waals surface area contributed by atoms with Crippen molar-refractivity contribution < 1.29 is 4.87 Å². The van der Waals surface area contributed by atoms with Crippen LogP contribution in [-0.2, 0) is 0 Å². The van der Waals surface area contributed by atoms with E-state index in [1.807, 2.05) is 25.1 Å². The Morgan fingerprint density at radius 1 is 1.38 bits per heavy atom. The lowest BCUT2D eigenvalue weighted by atomic mass is 10.2. The molecule has 0 aromatic heterocycles. The van der Waals surface area contributed by atoms with Gasteiger partial charge in [0.05, 0.1) is 23.9 Å². The maximum Gasteiger partial charge on any atom is 0.305 e. The van der Waals surface area contributed by atoms with Crippen molar-refractivity contribution in [2.75, 3.05) is 14.1 Å². The van der Waals surface area contributed by atoms with Crippen molar-refractivity contribution in [1.82, 2.24) is 5.01 Å². The van der Waals surface area contributed by atoms with E-state index in [0.717, 1.165) is 10.4 Å². The Morgan fingerprint density at radius 3 is 2.54 bits per heavy atom. The van der Waals surface area contributed by atoms with E-state index < -0.39 is 0 Å². The van der Waals surface area contributed by atoms with Gasteiger partial charge in [-0.15, -0.1) is 17.6 Å². The van der Waals surface area contributed by atoms with E-state index in [0.29, 0.717) is 10.6 Å². The number of nitroso groups, excluding NO2 is 1. The molecule has 70 valence electrons. The summed E-state index contributed by atoms with van der Waals surface area (Å²) in [5, 5.41) is 1.47. The predicted molar refractivity (Wildman–Crippen MR) is 55.4 cm³/mol. The molecule has 13 heavy (non-hydrogen) atoms. The van der Waals surface area contributed by atoms with Gasteiger partial charge in [0.15, 0.2) is 4.87 Å². The van der Waals surface area contributed by atoms with Crippen molar-refractivity contribution in [1.29, 1.82) is 0 Å². The summed E-state index contributed by atoms with van der Waals surface area (Å²) in [6, 6.07) is 5.56. The molecule has 0 fully saturated rings. The van der Waals surface area contributed by atoms with Gasteiger partial charge in [0, 0.05) is 6.07 Å². The predicted octanol–water partition coefficient (Wildman–Crippen LogP) is 2.17. The van der Waals surface area contributed by atoms with E-state index in [2.05, 4.69) is 12.6 Å². The van der Waals surface area contributed by atoms with Gasteiger partial charge in [0.2, 0.25) is 0 Å². The average molecular weight is 197 g/mol. The van der Waals surface area contributed by atoms with E-state index in [1.165, 1.54) is 5.01 Å². The Hall–Kier alpha value is -1.03. The lowest BCUT2D eigenvalue weighted by Gasteiger charge is -2.02. The van der Waals surface area contributed by atoms with Crippen molar-refractivity contribution in [2.45, 2.75) is 11.8 Å². The van der Waals surface area contributed by atoms with Crippen molar-refractivity contribution in [3.63, 3.8) is 0 Å². The van der Waals surface area contributed by atoms with Crippen molar-refractivity contribution in [2.24, 2.45) is 0 Å². The van der Waals surface area contributed by atoms with Gasteiger partial charge in [-0.1, -0.05) is 6.07 Å². The minimum Gasteiger partial charge on any atom is -0.141 e. The zero-order valence-corrected chi connectivity index (χ0v) is 8.88. The maximum atomic E-state index is 11.5. The molecule has 0 aliphatic carbocycles. The van der Waals surface area contributed by atoms with Crippen LogP contribution in [-0.4, -0.2) is 24.0 Å². The van der Waals surface area contributed by atoms with Crippen LogP contribution < -0.4 is 0 Å². The minimum atomic E-state index is 0.577. The second-order valence-electron chi connectivity index (χ2n) is 3.11. The van der Waals surface area contributed by atoms with Crippen LogP contribution in [0.2, 0.25) is 0 Å². The molecule has 0 saturated carbocycles. The molecule has 1 rings (SSSR count). The molecule has 0 saturated heterocycles. The summed E-state index contributed by atoms with van der Waals surface area (Å²) in [5.74, 6) is 0. The summed E-state index contributed by atoms with van der Waals surface area (Å²) >= 11 is 4.21. The molecule has 1 aromatic carbocycles. The normalized spacial score (nSPS) is 9.85. The molecule has 0 radical (unpaired) electrons. The Morgan fingerprint density at radius 2 is 2.00 bits per heavy atom. The maximum absolute atomic E-state index is 11.5. The molecule has 0 bridgehead atoms. The van der Waals surface area contributed by atoms with Crippen LogP contribution in [0.15, 0.2) is 23.1 Å². The molecule has 3 nitrogen and oxygen atoms in total. The van der Waals surface area contributed by atoms with Crippen LogP contribution in [0.5, 0.6) is 0 Å². The van der Waals surface area contributed by atoms with Gasteiger partial charge < -0.3 is 0 Å². The highest BCUT2D eigenvalue weighted by atomic mass is 32.1. The van der Waals surface area contributed by atoms with Crippen molar-refractivity contribution in [3.05, 3.63) is 28.7 Å². The first-order valence-corrected chi connectivity index (χ1v) is 4.41. The van der Waals surface area contributed by atoms with E-state index >= 15 is 0 Å². The third kappa shape index (κ3) is 2.21. The fourth-order valence-electron chi connectivity index (χ4n) is 1.00. The van der Waals surface area contributed by atoms with Gasteiger partial charge in [-0.25, -0.2) is 0 Å². The lowest BCUT2D eigenvalue weighted by molar-refractivity contribution is -0.629. The van der Waals surface area contributed by atoms with Gasteiger partial charge in [0.1, 0.15) is 0 Å². The highest BCUT2D eigenvalue weighted by Crippen LogP contribution is 2.23. The lowest BCUT2D eigenvalue weighted by Crippen LogP contribution is -2.21. The van der Waals surface area contributed by atoms with Crippen LogP contribution in [0.3, 0.4) is 0 Å². The van der Waals surface area contributed by atoms with E-state index in [1.54, 1.807) is 14.1 Å². The molecule has 0 aliphatic heterocycles. The molecule has 1 aromatic rings. The molecule has 0 spiro atoms. The fourth-order valence-corrected chi connectivity index (χ4v) is 1.23. The number of rotatable bonds is 2. The largest absolute Gasteiger partial charge is 0.305 e. The summed E-state index contributed by atoms with van der Waals surface area (Å²) in [7, 11) is 3.39. The van der Waals surface area contributed by atoms with Gasteiger partial charge >= 0.3 is 5.69 Å². The zero-order valence-electron chi connectivity index (χ0n) is 7.98. The first-order chi connectivity index (χ1) is 6.02. The third-order valence-electron chi connectivity index (χ3n) is 1.70.